The van der Waals surface area contributed by atoms with E-state index in [-0.39, 0.29) is 0 Å². The Balaban J connectivity index is 1.70. The summed E-state index contributed by atoms with van der Waals surface area (Å²) in [6.45, 7) is 13.1. The largest absolute Gasteiger partial charge is 0.327 e. The van der Waals surface area contributed by atoms with Crippen LogP contribution in [0.3, 0.4) is 0 Å². The monoisotopic (exact) mass is 282 g/mol. The predicted molar refractivity (Wildman–Crippen MR) is 85.9 cm³/mol. The van der Waals surface area contributed by atoms with Crippen molar-refractivity contribution in [2.24, 2.45) is 17.1 Å². The van der Waals surface area contributed by atoms with Gasteiger partial charge in [-0.3, -0.25) is 4.90 Å². The number of hydrogen-bond acceptors (Lipinski definition) is 4. The Kier molecular flexibility index (Phi) is 5.46. The lowest BCUT2D eigenvalue weighted by Crippen LogP contribution is -2.50. The molecule has 0 spiro atoms. The third kappa shape index (κ3) is 4.17. The summed E-state index contributed by atoms with van der Waals surface area (Å²) in [6.07, 6.45) is 2.61. The molecule has 2 fully saturated rings. The van der Waals surface area contributed by atoms with Crippen molar-refractivity contribution in [3.63, 3.8) is 0 Å². The highest BCUT2D eigenvalue weighted by Gasteiger charge is 2.40. The van der Waals surface area contributed by atoms with Crippen LogP contribution in [0.15, 0.2) is 0 Å². The van der Waals surface area contributed by atoms with Gasteiger partial charge in [-0.05, 0) is 38.3 Å². The first-order valence-electron chi connectivity index (χ1n) is 8.23. The minimum Gasteiger partial charge on any atom is -0.327 e. The topological polar surface area (TPSA) is 35.7 Å². The molecule has 20 heavy (non-hydrogen) atoms. The van der Waals surface area contributed by atoms with E-state index in [1.807, 2.05) is 0 Å². The molecule has 2 N–H and O–H groups in total. The molecule has 0 amide bonds. The SMILES string of the molecule is CN(C)CCN1CCN(CC2CCC(C)(C)C2N)CC1. The highest BCUT2D eigenvalue weighted by atomic mass is 15.3. The van der Waals surface area contributed by atoms with E-state index in [9.17, 15) is 0 Å². The van der Waals surface area contributed by atoms with Gasteiger partial charge in [0, 0.05) is 51.9 Å². The molecule has 118 valence electrons. The maximum atomic E-state index is 6.44. The Morgan fingerprint density at radius 1 is 1.10 bits per heavy atom. The molecule has 0 aromatic carbocycles. The first kappa shape index (κ1) is 16.2. The van der Waals surface area contributed by atoms with E-state index in [0.717, 1.165) is 0 Å². The van der Waals surface area contributed by atoms with Crippen molar-refractivity contribution >= 4 is 0 Å². The fraction of sp³-hybridized carbons (Fsp3) is 1.00. The van der Waals surface area contributed by atoms with Crippen LogP contribution in [0.5, 0.6) is 0 Å². The van der Waals surface area contributed by atoms with Crippen LogP contribution in [-0.4, -0.2) is 80.7 Å². The average molecular weight is 282 g/mol. The highest BCUT2D eigenvalue weighted by molar-refractivity contribution is 4.95. The molecule has 1 saturated carbocycles. The van der Waals surface area contributed by atoms with Crippen LogP contribution in [0.2, 0.25) is 0 Å². The van der Waals surface area contributed by atoms with Gasteiger partial charge in [0.1, 0.15) is 0 Å². The molecule has 2 rings (SSSR count). The number of likely N-dealkylation sites (N-methyl/N-ethyl adjacent to an activating group) is 1. The number of nitrogens with zero attached hydrogens (tertiary/aromatic N) is 3. The van der Waals surface area contributed by atoms with Crippen molar-refractivity contribution in [2.45, 2.75) is 32.7 Å². The first-order chi connectivity index (χ1) is 9.38. The molecule has 0 aromatic heterocycles. The fourth-order valence-electron chi connectivity index (χ4n) is 3.62. The third-order valence-electron chi connectivity index (χ3n) is 5.39. The molecule has 1 aliphatic carbocycles. The zero-order chi connectivity index (χ0) is 14.8. The van der Waals surface area contributed by atoms with Crippen LogP contribution in [0, 0.1) is 11.3 Å². The van der Waals surface area contributed by atoms with E-state index in [0.29, 0.717) is 17.4 Å². The minimum atomic E-state index is 0.345. The summed E-state index contributed by atoms with van der Waals surface area (Å²) in [6, 6.07) is 0.384. The summed E-state index contributed by atoms with van der Waals surface area (Å²) in [5, 5.41) is 0. The van der Waals surface area contributed by atoms with Gasteiger partial charge in [0.2, 0.25) is 0 Å². The van der Waals surface area contributed by atoms with E-state index in [2.05, 4.69) is 42.6 Å². The lowest BCUT2D eigenvalue weighted by Gasteiger charge is -2.37. The predicted octanol–water partition coefficient (Wildman–Crippen LogP) is 0.929. The smallest absolute Gasteiger partial charge is 0.0131 e. The molecule has 0 bridgehead atoms. The minimum absolute atomic E-state index is 0.345. The first-order valence-corrected chi connectivity index (χ1v) is 8.23. The zero-order valence-electron chi connectivity index (χ0n) is 13.9. The molecule has 2 atom stereocenters. The van der Waals surface area contributed by atoms with Gasteiger partial charge in [-0.2, -0.15) is 0 Å². The van der Waals surface area contributed by atoms with Gasteiger partial charge in [0.25, 0.3) is 0 Å². The van der Waals surface area contributed by atoms with Gasteiger partial charge in [-0.25, -0.2) is 0 Å². The molecule has 1 saturated heterocycles. The highest BCUT2D eigenvalue weighted by Crippen LogP contribution is 2.40. The number of nitrogens with two attached hydrogens (primary N) is 1. The molecule has 1 heterocycles. The Bertz CT molecular complexity index is 295. The van der Waals surface area contributed by atoms with E-state index in [1.54, 1.807) is 0 Å². The second kappa shape index (κ2) is 6.73. The van der Waals surface area contributed by atoms with Crippen LogP contribution >= 0.6 is 0 Å². The van der Waals surface area contributed by atoms with E-state index >= 15 is 0 Å². The Morgan fingerprint density at radius 2 is 1.70 bits per heavy atom. The molecule has 4 heteroatoms. The Morgan fingerprint density at radius 3 is 2.20 bits per heavy atom. The van der Waals surface area contributed by atoms with Crippen molar-refractivity contribution in [3.8, 4) is 0 Å². The number of rotatable bonds is 5. The van der Waals surface area contributed by atoms with Crippen LogP contribution < -0.4 is 5.73 Å². The van der Waals surface area contributed by atoms with Crippen LogP contribution in [-0.2, 0) is 0 Å². The van der Waals surface area contributed by atoms with Crippen molar-refractivity contribution in [1.82, 2.24) is 14.7 Å². The second-order valence-electron chi connectivity index (χ2n) is 7.76. The Labute approximate surface area is 125 Å². The molecular formula is C16H34N4. The van der Waals surface area contributed by atoms with Gasteiger partial charge in [-0.15, -0.1) is 0 Å². The molecular weight excluding hydrogens is 248 g/mol. The standard InChI is InChI=1S/C16H34N4/c1-16(2)6-5-14(15(16)17)13-20-11-9-19(10-12-20)8-7-18(3)4/h14-15H,5-13,17H2,1-4H3. The van der Waals surface area contributed by atoms with Crippen molar-refractivity contribution in [1.29, 1.82) is 0 Å². The summed E-state index contributed by atoms with van der Waals surface area (Å²) in [5.41, 5.74) is 6.79. The number of hydrogen-bond donors (Lipinski definition) is 1. The van der Waals surface area contributed by atoms with Gasteiger partial charge >= 0.3 is 0 Å². The quantitative estimate of drug-likeness (QED) is 0.814. The van der Waals surface area contributed by atoms with Gasteiger partial charge in [-0.1, -0.05) is 13.8 Å². The number of piperazine rings is 1. The molecule has 0 aromatic rings. The fourth-order valence-corrected chi connectivity index (χ4v) is 3.62. The van der Waals surface area contributed by atoms with Crippen LogP contribution in [0.25, 0.3) is 0 Å². The summed E-state index contributed by atoms with van der Waals surface area (Å²) in [7, 11) is 4.30. The lowest BCUT2D eigenvalue weighted by molar-refractivity contribution is 0.107. The molecule has 2 unspecified atom stereocenters. The second-order valence-corrected chi connectivity index (χ2v) is 7.76. The van der Waals surface area contributed by atoms with E-state index in [4.69, 9.17) is 5.73 Å². The molecule has 2 aliphatic rings. The van der Waals surface area contributed by atoms with Crippen molar-refractivity contribution in [2.75, 3.05) is 59.9 Å². The molecule has 4 nitrogen and oxygen atoms in total. The van der Waals surface area contributed by atoms with Gasteiger partial charge in [0.15, 0.2) is 0 Å². The lowest BCUT2D eigenvalue weighted by atomic mass is 9.85. The molecule has 1 aliphatic heterocycles. The molecule has 0 radical (unpaired) electrons. The van der Waals surface area contributed by atoms with Crippen LogP contribution in [0.1, 0.15) is 26.7 Å². The average Bonchev–Trinajstić information content (AvgIpc) is 2.65. The van der Waals surface area contributed by atoms with Gasteiger partial charge < -0.3 is 15.5 Å². The van der Waals surface area contributed by atoms with Crippen molar-refractivity contribution in [3.05, 3.63) is 0 Å². The van der Waals surface area contributed by atoms with Crippen LogP contribution in [0.4, 0.5) is 0 Å². The third-order valence-corrected chi connectivity index (χ3v) is 5.39. The normalized spacial score (nSPS) is 32.1. The maximum Gasteiger partial charge on any atom is 0.0131 e. The zero-order valence-corrected chi connectivity index (χ0v) is 13.9. The summed E-state index contributed by atoms with van der Waals surface area (Å²) in [4.78, 5) is 7.50. The van der Waals surface area contributed by atoms with E-state index < -0.39 is 0 Å². The van der Waals surface area contributed by atoms with Gasteiger partial charge in [0.05, 0.1) is 0 Å². The Hall–Kier alpha value is -0.160. The van der Waals surface area contributed by atoms with E-state index in [1.165, 1.54) is 58.7 Å². The summed E-state index contributed by atoms with van der Waals surface area (Å²) in [5.74, 6) is 0.707. The maximum absolute atomic E-state index is 6.44. The summed E-state index contributed by atoms with van der Waals surface area (Å²) < 4.78 is 0. The van der Waals surface area contributed by atoms with Crippen molar-refractivity contribution < 1.29 is 0 Å². The summed E-state index contributed by atoms with van der Waals surface area (Å²) >= 11 is 0.